The number of halogens is 1. The molecule has 0 aliphatic rings. The topological polar surface area (TPSA) is 62.6 Å². The van der Waals surface area contributed by atoms with E-state index in [1.54, 1.807) is 13.3 Å². The number of benzene rings is 2. The first-order valence-corrected chi connectivity index (χ1v) is 8.74. The molecule has 0 unspecified atom stereocenters. The summed E-state index contributed by atoms with van der Waals surface area (Å²) in [5, 5.41) is 3.55. The molecule has 2 aromatic carbocycles. The van der Waals surface area contributed by atoms with Gasteiger partial charge in [-0.15, -0.1) is 0 Å². The average molecular weight is 368 g/mol. The molecule has 0 atom stereocenters. The van der Waals surface area contributed by atoms with Crippen molar-refractivity contribution < 1.29 is 18.4 Å². The van der Waals surface area contributed by atoms with Crippen LogP contribution in [-0.4, -0.2) is 30.3 Å². The van der Waals surface area contributed by atoms with E-state index in [4.69, 9.17) is 4.42 Å². The van der Waals surface area contributed by atoms with Crippen LogP contribution < -0.4 is 5.32 Å². The van der Waals surface area contributed by atoms with Crippen molar-refractivity contribution >= 4 is 28.5 Å². The number of likely N-dealkylation sites (N-methyl/N-ethyl adjacent to an activating group) is 1. The minimum Gasteiger partial charge on any atom is -0.464 e. The minimum absolute atomic E-state index is 0.0913. The Kier molecular flexibility index (Phi) is 5.54. The second-order valence-electron chi connectivity index (χ2n) is 6.43. The van der Waals surface area contributed by atoms with Crippen LogP contribution in [0.15, 0.2) is 53.1 Å². The average Bonchev–Trinajstić information content (AvgIpc) is 3.05. The van der Waals surface area contributed by atoms with E-state index < -0.39 is 0 Å². The Morgan fingerprint density at radius 2 is 1.89 bits per heavy atom. The Balaban J connectivity index is 1.60. The van der Waals surface area contributed by atoms with Crippen molar-refractivity contribution in [1.82, 2.24) is 4.90 Å². The molecule has 0 fully saturated rings. The number of carbonyl (C=O) groups is 2. The molecule has 5 nitrogen and oxygen atoms in total. The van der Waals surface area contributed by atoms with Gasteiger partial charge in [0.1, 0.15) is 11.4 Å². The number of nitrogens with one attached hydrogen (secondary N) is 1. The van der Waals surface area contributed by atoms with Gasteiger partial charge in [-0.3, -0.25) is 9.59 Å². The molecule has 0 spiro atoms. The minimum atomic E-state index is -0.376. The standard InChI is InChI=1S/C21H21FN2O3/c1-3-14-4-9-18-15(13-27-19(18)10-14)11-21(26)24(2)12-20(25)23-17-7-5-16(22)6-8-17/h4-10,13H,3,11-12H2,1-2H3,(H,23,25). The molecule has 0 saturated heterocycles. The molecule has 2 amide bonds. The molecule has 0 bridgehead atoms. The molecule has 3 rings (SSSR count). The molecule has 0 aliphatic carbocycles. The van der Waals surface area contributed by atoms with Crippen LogP contribution in [0.4, 0.5) is 10.1 Å². The number of aryl methyl sites for hydroxylation is 1. The third-order valence-electron chi connectivity index (χ3n) is 4.40. The SMILES string of the molecule is CCc1ccc2c(CC(=O)N(C)CC(=O)Nc3ccc(F)cc3)coc2c1. The lowest BCUT2D eigenvalue weighted by Crippen LogP contribution is -2.35. The van der Waals surface area contributed by atoms with Crippen LogP contribution in [0.5, 0.6) is 0 Å². The summed E-state index contributed by atoms with van der Waals surface area (Å²) in [5.74, 6) is -0.910. The number of furan rings is 1. The van der Waals surface area contributed by atoms with Gasteiger partial charge in [0.2, 0.25) is 11.8 Å². The predicted octanol–water partition coefficient (Wildman–Crippen LogP) is 3.77. The van der Waals surface area contributed by atoms with Gasteiger partial charge in [0.25, 0.3) is 0 Å². The lowest BCUT2D eigenvalue weighted by atomic mass is 10.1. The van der Waals surface area contributed by atoms with Crippen molar-refractivity contribution in [2.45, 2.75) is 19.8 Å². The summed E-state index contributed by atoms with van der Waals surface area (Å²) in [4.78, 5) is 25.9. The highest BCUT2D eigenvalue weighted by atomic mass is 19.1. The van der Waals surface area contributed by atoms with E-state index in [1.165, 1.54) is 34.7 Å². The lowest BCUT2D eigenvalue weighted by Gasteiger charge is -2.16. The summed E-state index contributed by atoms with van der Waals surface area (Å²) in [7, 11) is 1.57. The van der Waals surface area contributed by atoms with Crippen LogP contribution in [0.25, 0.3) is 11.0 Å². The van der Waals surface area contributed by atoms with E-state index in [-0.39, 0.29) is 30.6 Å². The molecule has 0 aliphatic heterocycles. The zero-order valence-corrected chi connectivity index (χ0v) is 15.3. The van der Waals surface area contributed by atoms with Crippen LogP contribution in [-0.2, 0) is 22.4 Å². The highest BCUT2D eigenvalue weighted by Crippen LogP contribution is 2.23. The van der Waals surface area contributed by atoms with Crippen LogP contribution in [0, 0.1) is 5.82 Å². The fraction of sp³-hybridized carbons (Fsp3) is 0.238. The Hall–Kier alpha value is -3.15. The van der Waals surface area contributed by atoms with Gasteiger partial charge in [0.15, 0.2) is 0 Å². The Labute approximate surface area is 156 Å². The van der Waals surface area contributed by atoms with Gasteiger partial charge < -0.3 is 14.6 Å². The summed E-state index contributed by atoms with van der Waals surface area (Å²) >= 11 is 0. The summed E-state index contributed by atoms with van der Waals surface area (Å²) in [6, 6.07) is 11.4. The Bertz CT molecular complexity index is 963. The first-order chi connectivity index (χ1) is 13.0. The summed E-state index contributed by atoms with van der Waals surface area (Å²) in [6.45, 7) is 1.98. The van der Waals surface area contributed by atoms with Gasteiger partial charge in [-0.05, 0) is 42.3 Å². The Morgan fingerprint density at radius 3 is 2.59 bits per heavy atom. The van der Waals surface area contributed by atoms with Gasteiger partial charge in [-0.2, -0.15) is 0 Å². The number of rotatable bonds is 6. The molecule has 27 heavy (non-hydrogen) atoms. The highest BCUT2D eigenvalue weighted by Gasteiger charge is 2.16. The highest BCUT2D eigenvalue weighted by molar-refractivity contribution is 5.95. The second kappa shape index (κ2) is 8.03. The molecule has 140 valence electrons. The monoisotopic (exact) mass is 368 g/mol. The van der Waals surface area contributed by atoms with Gasteiger partial charge in [0, 0.05) is 23.7 Å². The maximum absolute atomic E-state index is 12.9. The molecule has 0 radical (unpaired) electrons. The normalized spacial score (nSPS) is 10.8. The van der Waals surface area contributed by atoms with E-state index in [0.717, 1.165) is 23.0 Å². The molecule has 1 N–H and O–H groups in total. The zero-order valence-electron chi connectivity index (χ0n) is 15.3. The fourth-order valence-electron chi connectivity index (χ4n) is 2.82. The van der Waals surface area contributed by atoms with E-state index in [9.17, 15) is 14.0 Å². The van der Waals surface area contributed by atoms with Crippen molar-refractivity contribution in [3.63, 3.8) is 0 Å². The van der Waals surface area contributed by atoms with Crippen LogP contribution >= 0.6 is 0 Å². The number of carbonyl (C=O) groups excluding carboxylic acids is 2. The van der Waals surface area contributed by atoms with E-state index in [0.29, 0.717) is 5.69 Å². The van der Waals surface area contributed by atoms with Crippen molar-refractivity contribution in [1.29, 1.82) is 0 Å². The molecule has 0 saturated carbocycles. The van der Waals surface area contributed by atoms with E-state index in [2.05, 4.69) is 12.2 Å². The zero-order chi connectivity index (χ0) is 19.4. The Morgan fingerprint density at radius 1 is 1.15 bits per heavy atom. The molecule has 1 heterocycles. The van der Waals surface area contributed by atoms with Crippen LogP contribution in [0.1, 0.15) is 18.1 Å². The van der Waals surface area contributed by atoms with Crippen LogP contribution in [0.3, 0.4) is 0 Å². The molecular weight excluding hydrogens is 347 g/mol. The van der Waals surface area contributed by atoms with Gasteiger partial charge in [-0.1, -0.05) is 19.1 Å². The maximum Gasteiger partial charge on any atom is 0.243 e. The van der Waals surface area contributed by atoms with Crippen molar-refractivity contribution in [2.24, 2.45) is 0 Å². The van der Waals surface area contributed by atoms with Gasteiger partial charge in [0.05, 0.1) is 19.2 Å². The second-order valence-corrected chi connectivity index (χ2v) is 6.43. The lowest BCUT2D eigenvalue weighted by molar-refractivity contribution is -0.132. The molecule has 1 aromatic heterocycles. The summed E-state index contributed by atoms with van der Waals surface area (Å²) in [6.07, 6.45) is 2.66. The van der Waals surface area contributed by atoms with E-state index in [1.807, 2.05) is 18.2 Å². The van der Waals surface area contributed by atoms with Crippen LogP contribution in [0.2, 0.25) is 0 Å². The third-order valence-corrected chi connectivity index (χ3v) is 4.40. The number of amides is 2. The predicted molar refractivity (Wildman–Crippen MR) is 102 cm³/mol. The number of nitrogens with zero attached hydrogens (tertiary/aromatic N) is 1. The van der Waals surface area contributed by atoms with Crippen molar-refractivity contribution in [3.05, 3.63) is 65.7 Å². The first kappa shape index (κ1) is 18.6. The largest absolute Gasteiger partial charge is 0.464 e. The maximum atomic E-state index is 12.9. The van der Waals surface area contributed by atoms with Crippen molar-refractivity contribution in [3.8, 4) is 0 Å². The number of fused-ring (bicyclic) bond motifs is 1. The van der Waals surface area contributed by atoms with E-state index >= 15 is 0 Å². The third kappa shape index (κ3) is 4.53. The number of hydrogen-bond acceptors (Lipinski definition) is 3. The summed E-state index contributed by atoms with van der Waals surface area (Å²) in [5.41, 5.74) is 3.21. The summed E-state index contributed by atoms with van der Waals surface area (Å²) < 4.78 is 18.5. The first-order valence-electron chi connectivity index (χ1n) is 8.74. The number of anilines is 1. The van der Waals surface area contributed by atoms with Gasteiger partial charge in [-0.25, -0.2) is 4.39 Å². The smallest absolute Gasteiger partial charge is 0.243 e. The van der Waals surface area contributed by atoms with Crippen molar-refractivity contribution in [2.75, 3.05) is 18.9 Å². The molecule has 6 heteroatoms. The number of hydrogen-bond donors (Lipinski definition) is 1. The molecule has 3 aromatic rings. The molecular formula is C21H21FN2O3. The quantitative estimate of drug-likeness (QED) is 0.720. The van der Waals surface area contributed by atoms with Gasteiger partial charge >= 0.3 is 0 Å². The fourth-order valence-corrected chi connectivity index (χ4v) is 2.82.